The number of aliphatic imine (C=N–C) groups is 1. The van der Waals surface area contributed by atoms with E-state index in [1.165, 1.54) is 23.1 Å². The first kappa shape index (κ1) is 8.42. The molecule has 1 aromatic heterocycles. The van der Waals surface area contributed by atoms with Crippen LogP contribution in [0.3, 0.4) is 0 Å². The first-order valence-corrected chi connectivity index (χ1v) is 4.80. The van der Waals surface area contributed by atoms with Crippen molar-refractivity contribution in [1.29, 1.82) is 0 Å². The average molecular weight is 174 g/mol. The lowest BCUT2D eigenvalue weighted by atomic mass is 10.0. The predicted octanol–water partition coefficient (Wildman–Crippen LogP) is 2.28. The Kier molecular flexibility index (Phi) is 2.13. The third kappa shape index (κ3) is 1.37. The topological polar surface area (TPSA) is 25.2 Å². The van der Waals surface area contributed by atoms with Gasteiger partial charge in [0.25, 0.3) is 0 Å². The second-order valence-corrected chi connectivity index (χ2v) is 3.48. The van der Waals surface area contributed by atoms with E-state index >= 15 is 0 Å². The van der Waals surface area contributed by atoms with Gasteiger partial charge in [0.05, 0.1) is 6.54 Å². The highest BCUT2D eigenvalue weighted by Gasteiger charge is 2.13. The summed E-state index contributed by atoms with van der Waals surface area (Å²) in [4.78, 5) is 8.67. The van der Waals surface area contributed by atoms with E-state index in [9.17, 15) is 0 Å². The fraction of sp³-hybridized carbons (Fsp3) is 0.455. The van der Waals surface area contributed by atoms with Crippen LogP contribution in [0.25, 0.3) is 0 Å². The van der Waals surface area contributed by atoms with Crippen molar-refractivity contribution in [3.8, 4) is 0 Å². The maximum absolute atomic E-state index is 4.38. The number of pyridine rings is 1. The van der Waals surface area contributed by atoms with Gasteiger partial charge >= 0.3 is 0 Å². The number of nitrogens with zero attached hydrogens (tertiary/aromatic N) is 2. The summed E-state index contributed by atoms with van der Waals surface area (Å²) in [6.45, 7) is 5.10. The van der Waals surface area contributed by atoms with Crippen molar-refractivity contribution < 1.29 is 0 Å². The molecule has 0 saturated heterocycles. The van der Waals surface area contributed by atoms with Gasteiger partial charge in [0.15, 0.2) is 0 Å². The highest BCUT2D eigenvalue weighted by atomic mass is 14.8. The Morgan fingerprint density at radius 1 is 1.46 bits per heavy atom. The number of hydrogen-bond donors (Lipinski definition) is 0. The van der Waals surface area contributed by atoms with Crippen LogP contribution in [0, 0.1) is 6.92 Å². The molecule has 1 aliphatic heterocycles. The van der Waals surface area contributed by atoms with Gasteiger partial charge in [0.2, 0.25) is 0 Å². The largest absolute Gasteiger partial charge is 0.288 e. The summed E-state index contributed by atoms with van der Waals surface area (Å²) >= 11 is 0. The van der Waals surface area contributed by atoms with E-state index in [1.54, 1.807) is 0 Å². The van der Waals surface area contributed by atoms with Crippen molar-refractivity contribution in [3.05, 3.63) is 28.6 Å². The Morgan fingerprint density at radius 2 is 2.31 bits per heavy atom. The van der Waals surface area contributed by atoms with Crippen molar-refractivity contribution in [2.24, 2.45) is 4.99 Å². The molecular formula is C11H14N2. The summed E-state index contributed by atoms with van der Waals surface area (Å²) in [6, 6.07) is 0. The quantitative estimate of drug-likeness (QED) is 0.675. The first-order chi connectivity index (χ1) is 6.33. The Labute approximate surface area is 78.7 Å². The summed E-state index contributed by atoms with van der Waals surface area (Å²) in [5.41, 5.74) is 5.14. The second-order valence-electron chi connectivity index (χ2n) is 3.48. The number of aromatic nitrogens is 1. The lowest BCUT2D eigenvalue weighted by Gasteiger charge is -2.07. The molecule has 13 heavy (non-hydrogen) atoms. The third-order valence-corrected chi connectivity index (χ3v) is 2.51. The van der Waals surface area contributed by atoms with Crippen LogP contribution in [-0.2, 0) is 13.0 Å². The molecule has 0 N–H and O–H groups in total. The molecule has 0 spiro atoms. The zero-order valence-electron chi connectivity index (χ0n) is 8.17. The van der Waals surface area contributed by atoms with E-state index in [-0.39, 0.29) is 0 Å². The first-order valence-electron chi connectivity index (χ1n) is 4.80. The van der Waals surface area contributed by atoms with E-state index < -0.39 is 0 Å². The van der Waals surface area contributed by atoms with E-state index in [2.05, 4.69) is 16.9 Å². The molecule has 1 aromatic rings. The SMILES string of the molecule is CCCc1cnc(C)c2c1CN=C2. The fourth-order valence-corrected chi connectivity index (χ4v) is 1.78. The molecule has 0 bridgehead atoms. The monoisotopic (exact) mass is 174 g/mol. The Balaban J connectivity index is 2.47. The Hall–Kier alpha value is -1.18. The van der Waals surface area contributed by atoms with E-state index in [4.69, 9.17) is 0 Å². The minimum absolute atomic E-state index is 0.855. The normalized spacial score (nSPS) is 13.4. The number of rotatable bonds is 2. The molecule has 0 amide bonds. The van der Waals surface area contributed by atoms with Gasteiger partial charge in [0, 0.05) is 23.7 Å². The van der Waals surface area contributed by atoms with Gasteiger partial charge in [-0.15, -0.1) is 0 Å². The fourth-order valence-electron chi connectivity index (χ4n) is 1.78. The van der Waals surface area contributed by atoms with Gasteiger partial charge in [-0.25, -0.2) is 0 Å². The van der Waals surface area contributed by atoms with Gasteiger partial charge in [-0.3, -0.25) is 9.98 Å². The highest BCUT2D eigenvalue weighted by molar-refractivity contribution is 5.86. The molecule has 0 fully saturated rings. The number of aryl methyl sites for hydroxylation is 2. The lowest BCUT2D eigenvalue weighted by Crippen LogP contribution is -1.99. The molecule has 0 radical (unpaired) electrons. The smallest absolute Gasteiger partial charge is 0.0650 e. The molecule has 0 saturated carbocycles. The van der Waals surface area contributed by atoms with Crippen LogP contribution in [0.5, 0.6) is 0 Å². The summed E-state index contributed by atoms with van der Waals surface area (Å²) in [6.07, 6.45) is 6.26. The lowest BCUT2D eigenvalue weighted by molar-refractivity contribution is 0.885. The van der Waals surface area contributed by atoms with Crippen molar-refractivity contribution in [1.82, 2.24) is 4.98 Å². The zero-order valence-corrected chi connectivity index (χ0v) is 8.17. The molecule has 0 aliphatic carbocycles. The standard InChI is InChI=1S/C11H14N2/c1-3-4-9-5-13-8(2)10-6-12-7-11(9)10/h5-6H,3-4,7H2,1-2H3. The summed E-state index contributed by atoms with van der Waals surface area (Å²) in [5, 5.41) is 0. The third-order valence-electron chi connectivity index (χ3n) is 2.51. The molecule has 2 heterocycles. The van der Waals surface area contributed by atoms with Crippen LogP contribution in [-0.4, -0.2) is 11.2 Å². The molecule has 0 aromatic carbocycles. The van der Waals surface area contributed by atoms with Crippen molar-refractivity contribution in [2.75, 3.05) is 0 Å². The minimum atomic E-state index is 0.855. The van der Waals surface area contributed by atoms with Crippen molar-refractivity contribution in [2.45, 2.75) is 33.2 Å². The predicted molar refractivity (Wildman–Crippen MR) is 54.3 cm³/mol. The zero-order chi connectivity index (χ0) is 9.26. The van der Waals surface area contributed by atoms with Crippen LogP contribution in [0.15, 0.2) is 11.2 Å². The molecular weight excluding hydrogens is 160 g/mol. The van der Waals surface area contributed by atoms with Gasteiger partial charge in [0.1, 0.15) is 0 Å². The van der Waals surface area contributed by atoms with Gasteiger partial charge in [-0.05, 0) is 24.5 Å². The van der Waals surface area contributed by atoms with Crippen LogP contribution >= 0.6 is 0 Å². The van der Waals surface area contributed by atoms with Crippen LogP contribution in [0.4, 0.5) is 0 Å². The molecule has 2 heteroatoms. The van der Waals surface area contributed by atoms with E-state index in [0.717, 1.165) is 18.7 Å². The van der Waals surface area contributed by atoms with Gasteiger partial charge in [-0.1, -0.05) is 13.3 Å². The summed E-state index contributed by atoms with van der Waals surface area (Å²) in [7, 11) is 0. The minimum Gasteiger partial charge on any atom is -0.288 e. The second kappa shape index (κ2) is 3.29. The molecule has 2 rings (SSSR count). The van der Waals surface area contributed by atoms with Crippen LogP contribution in [0.1, 0.15) is 35.7 Å². The maximum Gasteiger partial charge on any atom is 0.0650 e. The number of hydrogen-bond acceptors (Lipinski definition) is 2. The maximum atomic E-state index is 4.38. The van der Waals surface area contributed by atoms with E-state index in [0.29, 0.717) is 0 Å². The van der Waals surface area contributed by atoms with Crippen molar-refractivity contribution >= 4 is 6.21 Å². The molecule has 0 unspecified atom stereocenters. The van der Waals surface area contributed by atoms with Gasteiger partial charge < -0.3 is 0 Å². The van der Waals surface area contributed by atoms with Crippen LogP contribution in [0.2, 0.25) is 0 Å². The van der Waals surface area contributed by atoms with Crippen LogP contribution < -0.4 is 0 Å². The number of fused-ring (bicyclic) bond motifs is 1. The molecule has 2 nitrogen and oxygen atoms in total. The Bertz CT molecular complexity index is 353. The van der Waals surface area contributed by atoms with Crippen molar-refractivity contribution in [3.63, 3.8) is 0 Å². The molecule has 68 valence electrons. The Morgan fingerprint density at radius 3 is 3.08 bits per heavy atom. The van der Waals surface area contributed by atoms with E-state index in [1.807, 2.05) is 19.3 Å². The summed E-state index contributed by atoms with van der Waals surface area (Å²) < 4.78 is 0. The average Bonchev–Trinajstić information content (AvgIpc) is 2.59. The summed E-state index contributed by atoms with van der Waals surface area (Å²) in [5.74, 6) is 0. The molecule has 1 aliphatic rings. The van der Waals surface area contributed by atoms with Gasteiger partial charge in [-0.2, -0.15) is 0 Å². The molecule has 0 atom stereocenters. The highest BCUT2D eigenvalue weighted by Crippen LogP contribution is 2.21.